The van der Waals surface area contributed by atoms with Crippen molar-refractivity contribution < 1.29 is 19.4 Å². The van der Waals surface area contributed by atoms with Crippen LogP contribution in [0.25, 0.3) is 0 Å². The normalized spacial score (nSPS) is 10.0. The Morgan fingerprint density at radius 2 is 2.11 bits per heavy atom. The Morgan fingerprint density at radius 1 is 1.42 bits per heavy atom. The number of rotatable bonds is 6. The second kappa shape index (κ2) is 6.63. The van der Waals surface area contributed by atoms with Crippen LogP contribution in [-0.2, 0) is 4.79 Å². The number of anilines is 1. The molecule has 0 atom stereocenters. The number of carboxylic acids is 1. The van der Waals surface area contributed by atoms with Gasteiger partial charge in [0, 0.05) is 24.8 Å². The Hall–Kier alpha value is -2.24. The molecule has 0 aliphatic rings. The van der Waals surface area contributed by atoms with Crippen LogP contribution in [0, 0.1) is 0 Å². The molecule has 104 valence electrons. The number of ether oxygens (including phenoxy) is 1. The first kappa shape index (κ1) is 14.8. The first-order valence-corrected chi connectivity index (χ1v) is 5.94. The lowest BCUT2D eigenvalue weighted by atomic mass is 10.1. The fourth-order valence-corrected chi connectivity index (χ4v) is 1.69. The molecule has 0 saturated heterocycles. The third kappa shape index (κ3) is 3.87. The molecule has 0 radical (unpaired) electrons. The summed E-state index contributed by atoms with van der Waals surface area (Å²) in [5.74, 6) is -0.810. The number of carbonyl (C=O) groups is 2. The predicted octanol–water partition coefficient (Wildman–Crippen LogP) is 1.21. The van der Waals surface area contributed by atoms with Crippen LogP contribution in [0.5, 0.6) is 5.75 Å². The van der Waals surface area contributed by atoms with Gasteiger partial charge in [-0.25, -0.2) is 0 Å². The molecule has 0 saturated carbocycles. The van der Waals surface area contributed by atoms with Crippen LogP contribution in [0.1, 0.15) is 23.7 Å². The SMILES string of the molecule is CCN(CCC(=O)O)C(=O)c1ccc(N)cc1OC. The number of aliphatic carboxylic acids is 1. The first-order chi connectivity index (χ1) is 8.99. The fourth-order valence-electron chi connectivity index (χ4n) is 1.69. The molecule has 19 heavy (non-hydrogen) atoms. The molecular weight excluding hydrogens is 248 g/mol. The Balaban J connectivity index is 2.93. The van der Waals surface area contributed by atoms with E-state index in [1.807, 2.05) is 0 Å². The molecule has 6 heteroatoms. The average Bonchev–Trinajstić information content (AvgIpc) is 2.38. The molecule has 3 N–H and O–H groups in total. The van der Waals surface area contributed by atoms with Gasteiger partial charge in [0.1, 0.15) is 5.75 Å². The first-order valence-electron chi connectivity index (χ1n) is 5.94. The van der Waals surface area contributed by atoms with E-state index in [-0.39, 0.29) is 18.9 Å². The highest BCUT2D eigenvalue weighted by molar-refractivity contribution is 5.97. The van der Waals surface area contributed by atoms with Crippen LogP contribution in [-0.4, -0.2) is 42.1 Å². The lowest BCUT2D eigenvalue weighted by molar-refractivity contribution is -0.137. The molecule has 0 fully saturated rings. The second-order valence-electron chi connectivity index (χ2n) is 3.99. The minimum Gasteiger partial charge on any atom is -0.496 e. The van der Waals surface area contributed by atoms with E-state index in [0.717, 1.165) is 0 Å². The molecule has 0 bridgehead atoms. The van der Waals surface area contributed by atoms with Gasteiger partial charge in [0.05, 0.1) is 19.1 Å². The second-order valence-corrected chi connectivity index (χ2v) is 3.99. The van der Waals surface area contributed by atoms with Crippen molar-refractivity contribution in [3.8, 4) is 5.75 Å². The van der Waals surface area contributed by atoms with Crippen molar-refractivity contribution in [2.75, 3.05) is 25.9 Å². The highest BCUT2D eigenvalue weighted by Crippen LogP contribution is 2.23. The third-order valence-electron chi connectivity index (χ3n) is 2.72. The molecule has 0 unspecified atom stereocenters. The highest BCUT2D eigenvalue weighted by atomic mass is 16.5. The predicted molar refractivity (Wildman–Crippen MR) is 71.2 cm³/mol. The molecule has 6 nitrogen and oxygen atoms in total. The third-order valence-corrected chi connectivity index (χ3v) is 2.72. The zero-order valence-electron chi connectivity index (χ0n) is 11.0. The van der Waals surface area contributed by atoms with Gasteiger partial charge in [-0.15, -0.1) is 0 Å². The number of nitrogens with zero attached hydrogens (tertiary/aromatic N) is 1. The number of amides is 1. The zero-order valence-corrected chi connectivity index (χ0v) is 11.0. The summed E-state index contributed by atoms with van der Waals surface area (Å²) in [6.45, 7) is 2.39. The van der Waals surface area contributed by atoms with Crippen molar-refractivity contribution in [2.24, 2.45) is 0 Å². The Labute approximate surface area is 111 Å². The summed E-state index contributed by atoms with van der Waals surface area (Å²) in [5.41, 5.74) is 6.51. The van der Waals surface area contributed by atoms with Gasteiger partial charge in [-0.1, -0.05) is 0 Å². The van der Waals surface area contributed by atoms with Gasteiger partial charge in [-0.05, 0) is 19.1 Å². The van der Waals surface area contributed by atoms with Crippen molar-refractivity contribution in [2.45, 2.75) is 13.3 Å². The van der Waals surface area contributed by atoms with Crippen LogP contribution >= 0.6 is 0 Å². The zero-order chi connectivity index (χ0) is 14.4. The van der Waals surface area contributed by atoms with E-state index in [0.29, 0.717) is 23.5 Å². The molecule has 0 aliphatic carbocycles. The van der Waals surface area contributed by atoms with Gasteiger partial charge in [-0.2, -0.15) is 0 Å². The van der Waals surface area contributed by atoms with Gasteiger partial charge < -0.3 is 20.5 Å². The summed E-state index contributed by atoms with van der Waals surface area (Å²) in [6.07, 6.45) is -0.0864. The van der Waals surface area contributed by atoms with Crippen LogP contribution in [0.3, 0.4) is 0 Å². The van der Waals surface area contributed by atoms with Crippen molar-refractivity contribution in [3.63, 3.8) is 0 Å². The number of carboxylic acid groups (broad SMARTS) is 1. The monoisotopic (exact) mass is 266 g/mol. The molecule has 1 aromatic carbocycles. The number of carbonyl (C=O) groups excluding carboxylic acids is 1. The van der Waals surface area contributed by atoms with E-state index < -0.39 is 5.97 Å². The maximum Gasteiger partial charge on any atom is 0.305 e. The van der Waals surface area contributed by atoms with Crippen LogP contribution < -0.4 is 10.5 Å². The number of nitrogens with two attached hydrogens (primary N) is 1. The van der Waals surface area contributed by atoms with Gasteiger partial charge in [-0.3, -0.25) is 9.59 Å². The van der Waals surface area contributed by atoms with Crippen LogP contribution in [0.4, 0.5) is 5.69 Å². The van der Waals surface area contributed by atoms with Crippen molar-refractivity contribution >= 4 is 17.6 Å². The number of hydrogen-bond acceptors (Lipinski definition) is 4. The van der Waals surface area contributed by atoms with E-state index in [4.69, 9.17) is 15.6 Å². The number of methoxy groups -OCH3 is 1. The number of nitrogen functional groups attached to an aromatic ring is 1. The standard InChI is InChI=1S/C13H18N2O4/c1-3-15(7-6-12(16)17)13(18)10-5-4-9(14)8-11(10)19-2/h4-5,8H,3,6-7,14H2,1-2H3,(H,16,17). The average molecular weight is 266 g/mol. The molecular formula is C13H18N2O4. The lowest BCUT2D eigenvalue weighted by Gasteiger charge is -2.21. The molecule has 0 spiro atoms. The largest absolute Gasteiger partial charge is 0.496 e. The van der Waals surface area contributed by atoms with Crippen LogP contribution in [0.15, 0.2) is 18.2 Å². The van der Waals surface area contributed by atoms with E-state index in [1.165, 1.54) is 12.0 Å². The van der Waals surface area contributed by atoms with Crippen molar-refractivity contribution in [3.05, 3.63) is 23.8 Å². The Kier molecular flexibility index (Phi) is 5.17. The molecule has 0 heterocycles. The molecule has 0 aromatic heterocycles. The minimum absolute atomic E-state index is 0.0864. The summed E-state index contributed by atoms with van der Waals surface area (Å²) in [5, 5.41) is 8.67. The van der Waals surface area contributed by atoms with Gasteiger partial charge in [0.25, 0.3) is 5.91 Å². The minimum atomic E-state index is -0.935. The van der Waals surface area contributed by atoms with E-state index in [1.54, 1.807) is 25.1 Å². The summed E-state index contributed by atoms with van der Waals surface area (Å²) in [7, 11) is 1.46. The fraction of sp³-hybridized carbons (Fsp3) is 0.385. The quantitative estimate of drug-likeness (QED) is 0.755. The smallest absolute Gasteiger partial charge is 0.305 e. The van der Waals surface area contributed by atoms with Crippen molar-refractivity contribution in [1.29, 1.82) is 0 Å². The number of hydrogen-bond donors (Lipinski definition) is 2. The topological polar surface area (TPSA) is 92.9 Å². The lowest BCUT2D eigenvalue weighted by Crippen LogP contribution is -2.33. The van der Waals surface area contributed by atoms with E-state index >= 15 is 0 Å². The summed E-state index contributed by atoms with van der Waals surface area (Å²) >= 11 is 0. The summed E-state index contributed by atoms with van der Waals surface area (Å²) in [4.78, 5) is 24.3. The maximum absolute atomic E-state index is 12.3. The number of benzene rings is 1. The van der Waals surface area contributed by atoms with E-state index in [9.17, 15) is 9.59 Å². The van der Waals surface area contributed by atoms with Gasteiger partial charge in [0.2, 0.25) is 0 Å². The van der Waals surface area contributed by atoms with E-state index in [2.05, 4.69) is 0 Å². The molecule has 1 amide bonds. The Bertz CT molecular complexity index is 474. The van der Waals surface area contributed by atoms with Gasteiger partial charge >= 0.3 is 5.97 Å². The molecule has 1 aromatic rings. The molecule has 0 aliphatic heterocycles. The molecule has 1 rings (SSSR count). The Morgan fingerprint density at radius 3 is 2.63 bits per heavy atom. The maximum atomic E-state index is 12.3. The highest BCUT2D eigenvalue weighted by Gasteiger charge is 2.19. The summed E-state index contributed by atoms with van der Waals surface area (Å²) < 4.78 is 5.12. The van der Waals surface area contributed by atoms with Crippen LogP contribution in [0.2, 0.25) is 0 Å². The van der Waals surface area contributed by atoms with Crippen molar-refractivity contribution in [1.82, 2.24) is 4.90 Å². The summed E-state index contributed by atoms with van der Waals surface area (Å²) in [6, 6.07) is 4.76. The van der Waals surface area contributed by atoms with Gasteiger partial charge in [0.15, 0.2) is 0 Å².